The molecule has 4 heteroatoms. The van der Waals surface area contributed by atoms with Gasteiger partial charge >= 0.3 is 5.97 Å². The van der Waals surface area contributed by atoms with E-state index in [4.69, 9.17) is 4.74 Å². The van der Waals surface area contributed by atoms with E-state index in [1.807, 2.05) is 25.6 Å². The summed E-state index contributed by atoms with van der Waals surface area (Å²) < 4.78 is 4.81. The average Bonchev–Trinajstić information content (AvgIpc) is 2.35. The van der Waals surface area contributed by atoms with E-state index in [2.05, 4.69) is 11.6 Å². The molecular formula is C13H25NO2S. The first kappa shape index (κ1) is 14.8. The van der Waals surface area contributed by atoms with Gasteiger partial charge in [-0.25, -0.2) is 0 Å². The molecule has 1 aliphatic carbocycles. The Kier molecular flexibility index (Phi) is 5.80. The van der Waals surface area contributed by atoms with E-state index in [1.54, 1.807) is 0 Å². The third-order valence-electron chi connectivity index (χ3n) is 3.53. The molecule has 3 nitrogen and oxygen atoms in total. The molecule has 0 bridgehead atoms. The van der Waals surface area contributed by atoms with Crippen LogP contribution in [0.1, 0.15) is 39.5 Å². The highest BCUT2D eigenvalue weighted by molar-refractivity contribution is 7.99. The second-order valence-corrected chi connectivity index (χ2v) is 6.62. The van der Waals surface area contributed by atoms with Crippen molar-refractivity contribution < 1.29 is 9.53 Å². The van der Waals surface area contributed by atoms with Crippen LogP contribution in [0.3, 0.4) is 0 Å². The highest BCUT2D eigenvalue weighted by atomic mass is 32.2. The number of thioether (sulfide) groups is 1. The van der Waals surface area contributed by atoms with E-state index >= 15 is 0 Å². The van der Waals surface area contributed by atoms with Gasteiger partial charge in [-0.1, -0.05) is 6.42 Å². The maximum atomic E-state index is 11.6. The molecule has 0 heterocycles. The van der Waals surface area contributed by atoms with Crippen molar-refractivity contribution in [3.63, 3.8) is 0 Å². The highest BCUT2D eigenvalue weighted by Gasteiger charge is 2.30. The Labute approximate surface area is 109 Å². The molecule has 0 radical (unpaired) electrons. The summed E-state index contributed by atoms with van der Waals surface area (Å²) in [4.78, 5) is 11.6. The van der Waals surface area contributed by atoms with Gasteiger partial charge in [0.2, 0.25) is 0 Å². The maximum Gasteiger partial charge on any atom is 0.312 e. The van der Waals surface area contributed by atoms with Crippen LogP contribution in [0.2, 0.25) is 0 Å². The van der Waals surface area contributed by atoms with Crippen LogP contribution in [0.4, 0.5) is 0 Å². The molecule has 2 unspecified atom stereocenters. The Bertz CT molecular complexity index is 256. The molecule has 0 spiro atoms. The van der Waals surface area contributed by atoms with Crippen molar-refractivity contribution in [2.75, 3.05) is 19.9 Å². The summed E-state index contributed by atoms with van der Waals surface area (Å²) in [6.45, 7) is 4.56. The standard InChI is InChI=1S/C13H25NO2S/c1-13(2,12(15)16-3)9-14-10-6-5-7-11(8-10)17-4/h10-11,14H,5-9H2,1-4H3. The predicted molar refractivity (Wildman–Crippen MR) is 73.4 cm³/mol. The zero-order valence-corrected chi connectivity index (χ0v) is 12.2. The fraction of sp³-hybridized carbons (Fsp3) is 0.923. The number of hydrogen-bond donors (Lipinski definition) is 1. The number of hydrogen-bond acceptors (Lipinski definition) is 4. The smallest absolute Gasteiger partial charge is 0.312 e. The third-order valence-corrected chi connectivity index (χ3v) is 4.62. The molecule has 0 aliphatic heterocycles. The van der Waals surface area contributed by atoms with Gasteiger partial charge < -0.3 is 10.1 Å². The SMILES string of the molecule is COC(=O)C(C)(C)CNC1CCCC(SC)C1. The summed E-state index contributed by atoms with van der Waals surface area (Å²) in [5.74, 6) is -0.137. The molecule has 1 rings (SSSR count). The largest absolute Gasteiger partial charge is 0.469 e. The van der Waals surface area contributed by atoms with Crippen LogP contribution >= 0.6 is 11.8 Å². The summed E-state index contributed by atoms with van der Waals surface area (Å²) in [5, 5.41) is 4.31. The second-order valence-electron chi connectivity index (χ2n) is 5.48. The number of ether oxygens (including phenoxy) is 1. The van der Waals surface area contributed by atoms with Crippen LogP contribution in [-0.4, -0.2) is 37.2 Å². The summed E-state index contributed by atoms with van der Waals surface area (Å²) in [6, 6.07) is 0.560. The van der Waals surface area contributed by atoms with E-state index in [0.717, 1.165) is 5.25 Å². The molecule has 0 aromatic rings. The topological polar surface area (TPSA) is 38.3 Å². The van der Waals surface area contributed by atoms with Gasteiger partial charge in [0.15, 0.2) is 0 Å². The Morgan fingerprint density at radius 3 is 2.76 bits per heavy atom. The molecule has 100 valence electrons. The van der Waals surface area contributed by atoms with Gasteiger partial charge in [-0.15, -0.1) is 0 Å². The number of carbonyl (C=O) groups is 1. The second kappa shape index (κ2) is 6.64. The fourth-order valence-corrected chi connectivity index (χ4v) is 3.12. The Morgan fingerprint density at radius 2 is 2.18 bits per heavy atom. The molecule has 1 N–H and O–H groups in total. The zero-order chi connectivity index (χ0) is 12.9. The van der Waals surface area contributed by atoms with Gasteiger partial charge in [-0.2, -0.15) is 11.8 Å². The summed E-state index contributed by atoms with van der Waals surface area (Å²) in [7, 11) is 1.45. The van der Waals surface area contributed by atoms with E-state index in [0.29, 0.717) is 12.6 Å². The molecule has 2 atom stereocenters. The molecule has 0 aromatic carbocycles. The third kappa shape index (κ3) is 4.51. The van der Waals surface area contributed by atoms with Crippen molar-refractivity contribution in [1.82, 2.24) is 5.32 Å². The number of esters is 1. The van der Waals surface area contributed by atoms with Crippen molar-refractivity contribution in [3.8, 4) is 0 Å². The number of nitrogens with one attached hydrogen (secondary N) is 1. The minimum Gasteiger partial charge on any atom is -0.469 e. The van der Waals surface area contributed by atoms with E-state index in [1.165, 1.54) is 32.8 Å². The van der Waals surface area contributed by atoms with Gasteiger partial charge in [-0.05, 0) is 39.4 Å². The van der Waals surface area contributed by atoms with Crippen molar-refractivity contribution in [3.05, 3.63) is 0 Å². The van der Waals surface area contributed by atoms with Crippen LogP contribution in [0.5, 0.6) is 0 Å². The van der Waals surface area contributed by atoms with Crippen LogP contribution < -0.4 is 5.32 Å². The molecule has 1 saturated carbocycles. The first-order chi connectivity index (χ1) is 7.99. The van der Waals surface area contributed by atoms with E-state index in [9.17, 15) is 4.79 Å². The normalized spacial score (nSPS) is 25.6. The molecule has 0 amide bonds. The number of rotatable bonds is 5. The monoisotopic (exact) mass is 259 g/mol. The van der Waals surface area contributed by atoms with Gasteiger partial charge in [0.05, 0.1) is 12.5 Å². The summed E-state index contributed by atoms with van der Waals surface area (Å²) >= 11 is 1.96. The van der Waals surface area contributed by atoms with Crippen LogP contribution in [0, 0.1) is 5.41 Å². The Balaban J connectivity index is 2.37. The molecule has 0 aromatic heterocycles. The first-order valence-electron chi connectivity index (χ1n) is 6.34. The minimum absolute atomic E-state index is 0.137. The Morgan fingerprint density at radius 1 is 1.47 bits per heavy atom. The summed E-state index contributed by atoms with van der Waals surface area (Å²) in [6.07, 6.45) is 7.26. The van der Waals surface area contributed by atoms with Gasteiger partial charge in [0.1, 0.15) is 0 Å². The average molecular weight is 259 g/mol. The molecule has 17 heavy (non-hydrogen) atoms. The Hall–Kier alpha value is -0.220. The lowest BCUT2D eigenvalue weighted by Crippen LogP contribution is -2.43. The molecule has 0 saturated heterocycles. The number of methoxy groups -OCH3 is 1. The van der Waals surface area contributed by atoms with Gasteiger partial charge in [0, 0.05) is 17.8 Å². The highest BCUT2D eigenvalue weighted by Crippen LogP contribution is 2.27. The lowest BCUT2D eigenvalue weighted by Gasteiger charge is -2.31. The van der Waals surface area contributed by atoms with Crippen LogP contribution in [-0.2, 0) is 9.53 Å². The summed E-state index contributed by atoms with van der Waals surface area (Å²) in [5.41, 5.74) is -0.430. The molecular weight excluding hydrogens is 234 g/mol. The lowest BCUT2D eigenvalue weighted by molar-refractivity contribution is -0.150. The van der Waals surface area contributed by atoms with E-state index in [-0.39, 0.29) is 5.97 Å². The molecule has 1 aliphatic rings. The minimum atomic E-state index is -0.430. The molecule has 1 fully saturated rings. The van der Waals surface area contributed by atoms with Crippen molar-refractivity contribution in [2.24, 2.45) is 5.41 Å². The van der Waals surface area contributed by atoms with Crippen molar-refractivity contribution >= 4 is 17.7 Å². The lowest BCUT2D eigenvalue weighted by atomic mass is 9.90. The predicted octanol–water partition coefficient (Wildman–Crippen LogP) is 2.45. The zero-order valence-electron chi connectivity index (χ0n) is 11.4. The van der Waals surface area contributed by atoms with Crippen LogP contribution in [0.15, 0.2) is 0 Å². The van der Waals surface area contributed by atoms with E-state index < -0.39 is 5.41 Å². The first-order valence-corrected chi connectivity index (χ1v) is 7.63. The fourth-order valence-electron chi connectivity index (χ4n) is 2.29. The number of carbonyl (C=O) groups excluding carboxylic acids is 1. The van der Waals surface area contributed by atoms with Gasteiger partial charge in [-0.3, -0.25) is 4.79 Å². The maximum absolute atomic E-state index is 11.6. The van der Waals surface area contributed by atoms with Crippen molar-refractivity contribution in [2.45, 2.75) is 50.8 Å². The quantitative estimate of drug-likeness (QED) is 0.770. The van der Waals surface area contributed by atoms with Crippen molar-refractivity contribution in [1.29, 1.82) is 0 Å². The van der Waals surface area contributed by atoms with Crippen LogP contribution in [0.25, 0.3) is 0 Å². The van der Waals surface area contributed by atoms with Gasteiger partial charge in [0.25, 0.3) is 0 Å².